The molecular formula is C59H106O6. The molecule has 6 nitrogen and oxygen atoms in total. The van der Waals surface area contributed by atoms with Crippen LogP contribution in [0.2, 0.25) is 0 Å². The van der Waals surface area contributed by atoms with E-state index in [1.807, 2.05) is 0 Å². The molecule has 0 aromatic heterocycles. The number of carbonyl (C=O) groups is 3. The predicted molar refractivity (Wildman–Crippen MR) is 279 cm³/mol. The zero-order valence-corrected chi connectivity index (χ0v) is 43.3. The van der Waals surface area contributed by atoms with Crippen LogP contribution in [0.15, 0.2) is 48.6 Å². The normalized spacial score (nSPS) is 12.4. The van der Waals surface area contributed by atoms with Crippen LogP contribution in [0.1, 0.15) is 290 Å². The molecule has 0 aliphatic heterocycles. The van der Waals surface area contributed by atoms with Gasteiger partial charge in [-0.1, -0.05) is 223 Å². The summed E-state index contributed by atoms with van der Waals surface area (Å²) in [6, 6.07) is 0. The van der Waals surface area contributed by atoms with Gasteiger partial charge in [0.15, 0.2) is 6.10 Å². The second-order valence-electron chi connectivity index (χ2n) is 18.8. The van der Waals surface area contributed by atoms with E-state index >= 15 is 0 Å². The van der Waals surface area contributed by atoms with Gasteiger partial charge in [-0.2, -0.15) is 0 Å². The van der Waals surface area contributed by atoms with E-state index in [0.717, 1.165) is 96.3 Å². The van der Waals surface area contributed by atoms with Crippen molar-refractivity contribution in [3.8, 4) is 0 Å². The maximum Gasteiger partial charge on any atom is 0.306 e. The zero-order chi connectivity index (χ0) is 47.2. The molecule has 0 bridgehead atoms. The number of hydrogen-bond acceptors (Lipinski definition) is 6. The fraction of sp³-hybridized carbons (Fsp3) is 0.814. The van der Waals surface area contributed by atoms with Gasteiger partial charge < -0.3 is 14.2 Å². The summed E-state index contributed by atoms with van der Waals surface area (Å²) in [5, 5.41) is 0. The van der Waals surface area contributed by atoms with Gasteiger partial charge in [-0.25, -0.2) is 0 Å². The van der Waals surface area contributed by atoms with Crippen molar-refractivity contribution < 1.29 is 28.6 Å². The number of carbonyl (C=O) groups excluding carboxylic acids is 3. The molecule has 1 atom stereocenters. The van der Waals surface area contributed by atoms with Crippen molar-refractivity contribution in [2.45, 2.75) is 297 Å². The number of esters is 3. The molecule has 0 aliphatic rings. The first-order valence-electron chi connectivity index (χ1n) is 28.1. The van der Waals surface area contributed by atoms with Gasteiger partial charge in [-0.3, -0.25) is 14.4 Å². The molecule has 0 heterocycles. The smallest absolute Gasteiger partial charge is 0.306 e. The maximum atomic E-state index is 12.8. The minimum atomic E-state index is -0.783. The molecule has 0 radical (unpaired) electrons. The predicted octanol–water partition coefficient (Wildman–Crippen LogP) is 18.7. The van der Waals surface area contributed by atoms with E-state index in [-0.39, 0.29) is 31.1 Å². The van der Waals surface area contributed by atoms with Gasteiger partial charge in [-0.05, 0) is 96.3 Å². The molecule has 0 aromatic rings. The molecule has 0 spiro atoms. The SMILES string of the molecule is CCC/C=C\C/C=C\CCCCCCCC(=O)OC(COC(=O)CCCCCCC/C=C\CCCCCC)COC(=O)CCCCCCCCCCC/C=C\CCCCCCCCCC. The third kappa shape index (κ3) is 52.2. The van der Waals surface area contributed by atoms with E-state index in [4.69, 9.17) is 14.2 Å². The molecule has 0 saturated carbocycles. The molecule has 0 amide bonds. The first kappa shape index (κ1) is 62.4. The van der Waals surface area contributed by atoms with Gasteiger partial charge in [0.1, 0.15) is 13.2 Å². The summed E-state index contributed by atoms with van der Waals surface area (Å²) in [5.41, 5.74) is 0. The summed E-state index contributed by atoms with van der Waals surface area (Å²) in [5.74, 6) is -0.897. The van der Waals surface area contributed by atoms with E-state index in [0.29, 0.717) is 19.3 Å². The standard InChI is InChI=1S/C59H106O6/c1-4-7-10-13-16-19-22-25-26-27-28-29-30-31-32-35-37-40-43-46-49-52-58(61)64-55-56(65-59(62)53-50-47-44-41-38-34-24-21-18-15-12-9-6-3)54-63-57(60)51-48-45-42-39-36-33-23-20-17-14-11-8-5-2/h12,15,20-21,23-24,27-28,56H,4-11,13-14,16-19,22,25-26,29-55H2,1-3H3/b15-12-,23-20-,24-21-,28-27-. The maximum absolute atomic E-state index is 12.8. The molecule has 6 heteroatoms. The number of rotatable bonds is 51. The van der Waals surface area contributed by atoms with Crippen LogP contribution in [0.4, 0.5) is 0 Å². The van der Waals surface area contributed by atoms with E-state index in [2.05, 4.69) is 69.4 Å². The average molecular weight is 911 g/mol. The fourth-order valence-electron chi connectivity index (χ4n) is 8.00. The van der Waals surface area contributed by atoms with E-state index in [1.165, 1.54) is 154 Å². The van der Waals surface area contributed by atoms with Crippen molar-refractivity contribution in [2.24, 2.45) is 0 Å². The van der Waals surface area contributed by atoms with Crippen LogP contribution >= 0.6 is 0 Å². The van der Waals surface area contributed by atoms with Gasteiger partial charge in [-0.15, -0.1) is 0 Å². The summed E-state index contributed by atoms with van der Waals surface area (Å²) < 4.78 is 16.8. The van der Waals surface area contributed by atoms with Gasteiger partial charge in [0.2, 0.25) is 0 Å². The first-order valence-corrected chi connectivity index (χ1v) is 28.1. The lowest BCUT2D eigenvalue weighted by atomic mass is 10.1. The summed E-state index contributed by atoms with van der Waals surface area (Å²) >= 11 is 0. The van der Waals surface area contributed by atoms with Gasteiger partial charge in [0.05, 0.1) is 0 Å². The van der Waals surface area contributed by atoms with Crippen molar-refractivity contribution in [1.82, 2.24) is 0 Å². The monoisotopic (exact) mass is 911 g/mol. The Hall–Kier alpha value is -2.63. The third-order valence-electron chi connectivity index (χ3n) is 12.3. The van der Waals surface area contributed by atoms with Crippen LogP contribution in [0.3, 0.4) is 0 Å². The molecular weight excluding hydrogens is 805 g/mol. The van der Waals surface area contributed by atoms with Crippen molar-refractivity contribution >= 4 is 17.9 Å². The van der Waals surface area contributed by atoms with Crippen LogP contribution in [0.5, 0.6) is 0 Å². The molecule has 65 heavy (non-hydrogen) atoms. The number of allylic oxidation sites excluding steroid dienone is 8. The Balaban J connectivity index is 4.31. The lowest BCUT2D eigenvalue weighted by Gasteiger charge is -2.18. The summed E-state index contributed by atoms with van der Waals surface area (Å²) in [6.45, 7) is 6.56. The molecule has 0 saturated heterocycles. The highest BCUT2D eigenvalue weighted by Gasteiger charge is 2.19. The fourth-order valence-corrected chi connectivity index (χ4v) is 8.00. The van der Waals surface area contributed by atoms with Crippen molar-refractivity contribution in [3.05, 3.63) is 48.6 Å². The first-order chi connectivity index (χ1) is 32.0. The Morgan fingerprint density at radius 2 is 0.585 bits per heavy atom. The second-order valence-corrected chi connectivity index (χ2v) is 18.8. The van der Waals surface area contributed by atoms with Gasteiger partial charge in [0.25, 0.3) is 0 Å². The quantitative estimate of drug-likeness (QED) is 0.0262. The average Bonchev–Trinajstić information content (AvgIpc) is 3.30. The Bertz CT molecular complexity index is 1140. The molecule has 378 valence electrons. The topological polar surface area (TPSA) is 78.9 Å². The highest BCUT2D eigenvalue weighted by atomic mass is 16.6. The lowest BCUT2D eigenvalue weighted by Crippen LogP contribution is -2.30. The molecule has 0 aromatic carbocycles. The highest BCUT2D eigenvalue weighted by molar-refractivity contribution is 5.71. The van der Waals surface area contributed by atoms with Crippen LogP contribution in [0, 0.1) is 0 Å². The summed E-state index contributed by atoms with van der Waals surface area (Å²) in [7, 11) is 0. The third-order valence-corrected chi connectivity index (χ3v) is 12.3. The lowest BCUT2D eigenvalue weighted by molar-refractivity contribution is -0.167. The Morgan fingerprint density at radius 3 is 0.938 bits per heavy atom. The number of unbranched alkanes of at least 4 members (excludes halogenated alkanes) is 32. The van der Waals surface area contributed by atoms with Crippen LogP contribution < -0.4 is 0 Å². The summed E-state index contributed by atoms with van der Waals surface area (Å²) in [6.07, 6.45) is 65.3. The molecule has 0 fully saturated rings. The molecule has 0 aliphatic carbocycles. The Morgan fingerprint density at radius 1 is 0.308 bits per heavy atom. The molecule has 1 unspecified atom stereocenters. The van der Waals surface area contributed by atoms with E-state index in [9.17, 15) is 14.4 Å². The van der Waals surface area contributed by atoms with E-state index in [1.54, 1.807) is 0 Å². The number of ether oxygens (including phenoxy) is 3. The largest absolute Gasteiger partial charge is 0.462 e. The number of hydrogen-bond donors (Lipinski definition) is 0. The van der Waals surface area contributed by atoms with Gasteiger partial charge in [0, 0.05) is 19.3 Å². The zero-order valence-electron chi connectivity index (χ0n) is 43.3. The second kappa shape index (κ2) is 54.0. The minimum Gasteiger partial charge on any atom is -0.462 e. The molecule has 0 N–H and O–H groups in total. The Labute approximate surface area is 403 Å². The van der Waals surface area contributed by atoms with Gasteiger partial charge >= 0.3 is 17.9 Å². The van der Waals surface area contributed by atoms with Crippen molar-refractivity contribution in [3.63, 3.8) is 0 Å². The van der Waals surface area contributed by atoms with E-state index < -0.39 is 6.10 Å². The summed E-state index contributed by atoms with van der Waals surface area (Å²) in [4.78, 5) is 38.0. The van der Waals surface area contributed by atoms with Crippen molar-refractivity contribution in [2.75, 3.05) is 13.2 Å². The van der Waals surface area contributed by atoms with Crippen LogP contribution in [-0.4, -0.2) is 37.2 Å². The van der Waals surface area contributed by atoms with Crippen LogP contribution in [0.25, 0.3) is 0 Å². The van der Waals surface area contributed by atoms with Crippen LogP contribution in [-0.2, 0) is 28.6 Å². The highest BCUT2D eigenvalue weighted by Crippen LogP contribution is 2.15. The van der Waals surface area contributed by atoms with Crippen molar-refractivity contribution in [1.29, 1.82) is 0 Å². The minimum absolute atomic E-state index is 0.0814. The molecule has 0 rings (SSSR count). The Kier molecular flexibility index (Phi) is 51.8.